The fourth-order valence-electron chi connectivity index (χ4n) is 3.28. The molecule has 5 aromatic rings. The summed E-state index contributed by atoms with van der Waals surface area (Å²) in [6.07, 6.45) is 4.94. The van der Waals surface area contributed by atoms with Gasteiger partial charge in [0.2, 0.25) is 0 Å². The van der Waals surface area contributed by atoms with E-state index in [0.29, 0.717) is 0 Å². The summed E-state index contributed by atoms with van der Waals surface area (Å²) in [6, 6.07) is 30.1. The molecule has 0 spiro atoms. The molecule has 0 saturated carbocycles. The van der Waals surface area contributed by atoms with Crippen LogP contribution in [0.5, 0.6) is 0 Å². The quantitative estimate of drug-likeness (QED) is 0.270. The first-order valence-electron chi connectivity index (χ1n) is 8.52. The Kier molecular flexibility index (Phi) is 5.11. The topological polar surface area (TPSA) is 25.8 Å². The Balaban J connectivity index is 0.00000180. The van der Waals surface area contributed by atoms with E-state index in [2.05, 4.69) is 64.7 Å². The largest absolute Gasteiger partial charge is 0.361 e. The monoisotopic (exact) mass is 419 g/mol. The molecule has 0 saturated heterocycles. The molecule has 3 aromatic carbocycles. The third-order valence-electron chi connectivity index (χ3n) is 4.58. The van der Waals surface area contributed by atoms with E-state index in [1.807, 2.05) is 36.4 Å². The van der Waals surface area contributed by atoms with Crippen LogP contribution >= 0.6 is 0 Å². The maximum Gasteiger partial charge on any atom is 0.0465 e. The zero-order valence-corrected chi connectivity index (χ0v) is 17.4. The average Bonchev–Trinajstić information content (AvgIpc) is 2.72. The Morgan fingerprint density at radius 3 is 2.26 bits per heavy atom. The first-order valence-corrected chi connectivity index (χ1v) is 8.52. The number of hydrogen-bond donors (Lipinski definition) is 0. The number of hydrogen-bond acceptors (Lipinski definition) is 2. The molecule has 0 fully saturated rings. The molecule has 2 heterocycles. The third-order valence-corrected chi connectivity index (χ3v) is 4.58. The number of aromatic nitrogens is 2. The average molecular weight is 419 g/mol. The van der Waals surface area contributed by atoms with Crippen molar-refractivity contribution >= 4 is 21.5 Å². The molecule has 125 valence electrons. The van der Waals surface area contributed by atoms with Crippen molar-refractivity contribution in [3.05, 3.63) is 97.3 Å². The summed E-state index contributed by atoms with van der Waals surface area (Å²) in [7, 11) is 0. The second-order valence-corrected chi connectivity index (χ2v) is 6.21. The predicted molar refractivity (Wildman–Crippen MR) is 106 cm³/mol. The fourth-order valence-corrected chi connectivity index (χ4v) is 3.28. The van der Waals surface area contributed by atoms with Gasteiger partial charge in [-0.2, -0.15) is 18.2 Å². The molecule has 0 atom stereocenters. The Morgan fingerprint density at radius 2 is 1.52 bits per heavy atom. The van der Waals surface area contributed by atoms with Gasteiger partial charge in [0.25, 0.3) is 0 Å². The van der Waals surface area contributed by atoms with E-state index in [-0.39, 0.29) is 32.7 Å². The predicted octanol–water partition coefficient (Wildman–Crippen LogP) is 5.71. The van der Waals surface area contributed by atoms with Gasteiger partial charge in [-0.3, -0.25) is 4.98 Å². The Bertz CT molecular complexity index is 1220. The van der Waals surface area contributed by atoms with Crippen LogP contribution in [0, 0.1) is 12.3 Å². The van der Waals surface area contributed by atoms with Crippen LogP contribution in [0.2, 0.25) is 0 Å². The SMILES string of the molecule is [Y].[c-]1nc(-c2ccccn2)ccc1-c1[c-]ccc2cc3ccccc3cc12. The molecule has 0 N–H and O–H groups in total. The zero-order valence-electron chi connectivity index (χ0n) is 14.6. The minimum atomic E-state index is 0. The van der Waals surface area contributed by atoms with Gasteiger partial charge in [-0.25, -0.2) is 11.1 Å². The maximum absolute atomic E-state index is 4.49. The van der Waals surface area contributed by atoms with Crippen LogP contribution in [-0.4, -0.2) is 9.97 Å². The Labute approximate surface area is 183 Å². The van der Waals surface area contributed by atoms with Crippen LogP contribution in [-0.2, 0) is 32.7 Å². The molecule has 0 aliphatic heterocycles. The molecule has 27 heavy (non-hydrogen) atoms. The van der Waals surface area contributed by atoms with Crippen molar-refractivity contribution in [3.8, 4) is 22.5 Å². The van der Waals surface area contributed by atoms with Crippen LogP contribution < -0.4 is 0 Å². The smallest absolute Gasteiger partial charge is 0.0465 e. The van der Waals surface area contributed by atoms with E-state index in [1.165, 1.54) is 16.2 Å². The van der Waals surface area contributed by atoms with Crippen molar-refractivity contribution in [3.63, 3.8) is 0 Å². The number of nitrogens with zero attached hydrogens (tertiary/aromatic N) is 2. The first-order chi connectivity index (χ1) is 12.9. The van der Waals surface area contributed by atoms with Crippen molar-refractivity contribution in [2.24, 2.45) is 0 Å². The van der Waals surface area contributed by atoms with Crippen LogP contribution in [0.4, 0.5) is 0 Å². The van der Waals surface area contributed by atoms with Gasteiger partial charge in [0.05, 0.1) is 0 Å². The van der Waals surface area contributed by atoms with Gasteiger partial charge < -0.3 is 4.98 Å². The summed E-state index contributed by atoms with van der Waals surface area (Å²) in [5.41, 5.74) is 3.63. The minimum Gasteiger partial charge on any atom is -0.361 e. The molecule has 2 nitrogen and oxygen atoms in total. The molecule has 2 aromatic heterocycles. The molecule has 0 aliphatic carbocycles. The first kappa shape index (κ1) is 18.0. The summed E-state index contributed by atoms with van der Waals surface area (Å²) < 4.78 is 0. The normalized spacial score (nSPS) is 10.7. The van der Waals surface area contributed by atoms with Crippen molar-refractivity contribution in [1.29, 1.82) is 0 Å². The Morgan fingerprint density at radius 1 is 0.704 bits per heavy atom. The maximum atomic E-state index is 4.49. The fraction of sp³-hybridized carbons (Fsp3) is 0. The number of benzene rings is 3. The molecule has 0 amide bonds. The second-order valence-electron chi connectivity index (χ2n) is 6.21. The third kappa shape index (κ3) is 3.43. The van der Waals surface area contributed by atoms with Gasteiger partial charge in [-0.05, 0) is 22.9 Å². The number of rotatable bonds is 2. The van der Waals surface area contributed by atoms with Crippen molar-refractivity contribution in [1.82, 2.24) is 9.97 Å². The summed E-state index contributed by atoms with van der Waals surface area (Å²) in [6.45, 7) is 0. The van der Waals surface area contributed by atoms with Gasteiger partial charge in [-0.15, -0.1) is 22.9 Å². The van der Waals surface area contributed by atoms with Gasteiger partial charge in [0.1, 0.15) is 0 Å². The van der Waals surface area contributed by atoms with Crippen molar-refractivity contribution in [2.75, 3.05) is 0 Å². The zero-order chi connectivity index (χ0) is 17.3. The van der Waals surface area contributed by atoms with Crippen LogP contribution in [0.15, 0.2) is 85.1 Å². The molecule has 3 heteroatoms. The Hall–Kier alpha value is -2.42. The van der Waals surface area contributed by atoms with E-state index < -0.39 is 0 Å². The van der Waals surface area contributed by atoms with E-state index in [9.17, 15) is 0 Å². The minimum absolute atomic E-state index is 0. The van der Waals surface area contributed by atoms with Gasteiger partial charge in [0.15, 0.2) is 0 Å². The molecule has 1 radical (unpaired) electrons. The second kappa shape index (κ2) is 7.68. The summed E-state index contributed by atoms with van der Waals surface area (Å²) in [5, 5.41) is 4.82. The van der Waals surface area contributed by atoms with Gasteiger partial charge >= 0.3 is 0 Å². The summed E-state index contributed by atoms with van der Waals surface area (Å²) in [5.74, 6) is 0. The van der Waals surface area contributed by atoms with Crippen LogP contribution in [0.3, 0.4) is 0 Å². The summed E-state index contributed by atoms with van der Waals surface area (Å²) >= 11 is 0. The molecular weight excluding hydrogens is 405 g/mol. The van der Waals surface area contributed by atoms with E-state index >= 15 is 0 Å². The van der Waals surface area contributed by atoms with Gasteiger partial charge in [-0.1, -0.05) is 48.7 Å². The standard InChI is InChI=1S/C24H14N2.Y/c1-2-7-18-15-22-19(14-17(18)6-1)8-5-9-21(22)20-11-12-24(26-16-20)23-10-3-4-13-25-23;/h1-8,10-15H;/q-2;. The van der Waals surface area contributed by atoms with Crippen LogP contribution in [0.1, 0.15) is 0 Å². The van der Waals surface area contributed by atoms with Gasteiger partial charge in [0, 0.05) is 50.3 Å². The molecular formula is C24H14N2Y-2. The summed E-state index contributed by atoms with van der Waals surface area (Å²) in [4.78, 5) is 8.83. The van der Waals surface area contributed by atoms with E-state index in [0.717, 1.165) is 27.9 Å². The molecule has 0 bridgehead atoms. The number of pyridine rings is 2. The molecule has 5 rings (SSSR count). The van der Waals surface area contributed by atoms with E-state index in [4.69, 9.17) is 0 Å². The van der Waals surface area contributed by atoms with Crippen LogP contribution in [0.25, 0.3) is 44.1 Å². The van der Waals surface area contributed by atoms with Crippen molar-refractivity contribution in [2.45, 2.75) is 0 Å². The molecule has 0 unspecified atom stereocenters. The van der Waals surface area contributed by atoms with Crippen molar-refractivity contribution < 1.29 is 32.7 Å². The number of fused-ring (bicyclic) bond motifs is 2. The van der Waals surface area contributed by atoms with E-state index in [1.54, 1.807) is 6.20 Å². The molecule has 0 aliphatic rings.